The van der Waals surface area contributed by atoms with Crippen LogP contribution in [0.1, 0.15) is 19.4 Å². The molecule has 2 rings (SSSR count). The summed E-state index contributed by atoms with van der Waals surface area (Å²) in [4.78, 5) is 2.16. The lowest BCUT2D eigenvalue weighted by atomic mass is 10.0. The lowest BCUT2D eigenvalue weighted by Crippen LogP contribution is -2.53. The maximum atomic E-state index is 13.4. The van der Waals surface area contributed by atoms with Gasteiger partial charge in [-0.1, -0.05) is 6.07 Å². The van der Waals surface area contributed by atoms with Gasteiger partial charge in [0.25, 0.3) is 0 Å². The van der Waals surface area contributed by atoms with Gasteiger partial charge >= 0.3 is 0 Å². The minimum atomic E-state index is -0.385. The number of rotatable bonds is 3. The Kier molecular flexibility index (Phi) is 4.08. The number of halogens is 1. The van der Waals surface area contributed by atoms with Gasteiger partial charge in [0.1, 0.15) is 5.82 Å². The lowest BCUT2D eigenvalue weighted by molar-refractivity contribution is -0.150. The van der Waals surface area contributed by atoms with Gasteiger partial charge in [0, 0.05) is 19.6 Å². The molecule has 1 fully saturated rings. The van der Waals surface area contributed by atoms with Crippen molar-refractivity contribution in [3.05, 3.63) is 29.6 Å². The maximum absolute atomic E-state index is 13.4. The van der Waals surface area contributed by atoms with Crippen LogP contribution in [0.25, 0.3) is 0 Å². The van der Waals surface area contributed by atoms with Gasteiger partial charge < -0.3 is 15.6 Å². The number of hydrogen-bond donors (Lipinski definition) is 2. The normalized spacial score (nSPS) is 23.5. The standard InChI is InChI=1S/C14H21FN2O2/c1-14(2)9-17(7-11(8-18)19-14)6-10-3-4-13(16)12(15)5-10/h3-5,11,18H,6-9,16H2,1-2H3. The average Bonchev–Trinajstić information content (AvgIpc) is 2.32. The molecule has 1 unspecified atom stereocenters. The Morgan fingerprint density at radius 2 is 2.26 bits per heavy atom. The molecule has 1 aromatic rings. The van der Waals surface area contributed by atoms with E-state index in [1.807, 2.05) is 19.9 Å². The molecule has 1 atom stereocenters. The topological polar surface area (TPSA) is 58.7 Å². The molecule has 1 aliphatic heterocycles. The highest BCUT2D eigenvalue weighted by molar-refractivity contribution is 5.41. The summed E-state index contributed by atoms with van der Waals surface area (Å²) in [5, 5.41) is 9.26. The molecule has 0 aliphatic carbocycles. The molecule has 1 saturated heterocycles. The quantitative estimate of drug-likeness (QED) is 0.813. The SMILES string of the molecule is CC1(C)CN(Cc2ccc(N)c(F)c2)CC(CO)O1. The average molecular weight is 268 g/mol. The first-order chi connectivity index (χ1) is 8.89. The minimum absolute atomic E-state index is 0.00394. The molecule has 0 bridgehead atoms. The van der Waals surface area contributed by atoms with Crippen LogP contribution in [0.3, 0.4) is 0 Å². The van der Waals surface area contributed by atoms with Gasteiger partial charge in [0.2, 0.25) is 0 Å². The summed E-state index contributed by atoms with van der Waals surface area (Å²) in [6, 6.07) is 4.88. The third-order valence-corrected chi connectivity index (χ3v) is 3.23. The van der Waals surface area contributed by atoms with Crippen LogP contribution < -0.4 is 5.73 Å². The first-order valence-corrected chi connectivity index (χ1v) is 6.44. The Morgan fingerprint density at radius 1 is 1.53 bits per heavy atom. The van der Waals surface area contributed by atoms with Gasteiger partial charge in [0.05, 0.1) is 24.0 Å². The van der Waals surface area contributed by atoms with Gasteiger partial charge in [-0.15, -0.1) is 0 Å². The van der Waals surface area contributed by atoms with E-state index in [9.17, 15) is 9.50 Å². The first kappa shape index (κ1) is 14.2. The summed E-state index contributed by atoms with van der Waals surface area (Å²) >= 11 is 0. The van der Waals surface area contributed by atoms with Crippen molar-refractivity contribution in [2.24, 2.45) is 0 Å². The van der Waals surface area contributed by atoms with Crippen molar-refractivity contribution in [2.45, 2.75) is 32.1 Å². The monoisotopic (exact) mass is 268 g/mol. The Hall–Kier alpha value is -1.17. The van der Waals surface area contributed by atoms with Crippen molar-refractivity contribution in [3.8, 4) is 0 Å². The summed E-state index contributed by atoms with van der Waals surface area (Å²) in [6.45, 7) is 5.99. The van der Waals surface area contributed by atoms with Crippen LogP contribution in [0, 0.1) is 5.82 Å². The number of nitrogens with two attached hydrogens (primary N) is 1. The van der Waals surface area contributed by atoms with Gasteiger partial charge in [-0.3, -0.25) is 4.90 Å². The molecule has 4 nitrogen and oxygen atoms in total. The van der Waals surface area contributed by atoms with E-state index in [0.717, 1.165) is 12.1 Å². The Bertz CT molecular complexity index is 451. The molecule has 0 aromatic heterocycles. The van der Waals surface area contributed by atoms with Crippen LogP contribution in [0.5, 0.6) is 0 Å². The fourth-order valence-corrected chi connectivity index (χ4v) is 2.56. The van der Waals surface area contributed by atoms with E-state index < -0.39 is 0 Å². The molecule has 5 heteroatoms. The van der Waals surface area contributed by atoms with E-state index >= 15 is 0 Å². The highest BCUT2D eigenvalue weighted by Gasteiger charge is 2.32. The molecule has 3 N–H and O–H groups in total. The summed E-state index contributed by atoms with van der Waals surface area (Å²) in [5.41, 5.74) is 6.20. The van der Waals surface area contributed by atoms with Crippen molar-refractivity contribution in [3.63, 3.8) is 0 Å². The fraction of sp³-hybridized carbons (Fsp3) is 0.571. The Labute approximate surface area is 113 Å². The highest BCUT2D eigenvalue weighted by Crippen LogP contribution is 2.23. The zero-order chi connectivity index (χ0) is 14.0. The molecule has 0 radical (unpaired) electrons. The van der Waals surface area contributed by atoms with Crippen LogP contribution >= 0.6 is 0 Å². The lowest BCUT2D eigenvalue weighted by Gasteiger charge is -2.42. The minimum Gasteiger partial charge on any atom is -0.396 e. The molecule has 0 saturated carbocycles. The summed E-state index contributed by atoms with van der Waals surface area (Å²) < 4.78 is 19.2. The maximum Gasteiger partial charge on any atom is 0.146 e. The summed E-state index contributed by atoms with van der Waals surface area (Å²) in [5.74, 6) is -0.385. The van der Waals surface area contributed by atoms with Crippen LogP contribution in [-0.4, -0.2) is 41.4 Å². The zero-order valence-corrected chi connectivity index (χ0v) is 11.4. The zero-order valence-electron chi connectivity index (χ0n) is 11.4. The first-order valence-electron chi connectivity index (χ1n) is 6.44. The molecule has 1 heterocycles. The Morgan fingerprint density at radius 3 is 2.89 bits per heavy atom. The number of ether oxygens (including phenoxy) is 1. The Balaban J connectivity index is 2.07. The van der Waals surface area contributed by atoms with E-state index in [-0.39, 0.29) is 29.8 Å². The third kappa shape index (κ3) is 3.65. The largest absolute Gasteiger partial charge is 0.396 e. The second kappa shape index (κ2) is 5.45. The smallest absolute Gasteiger partial charge is 0.146 e. The van der Waals surface area contributed by atoms with E-state index in [4.69, 9.17) is 10.5 Å². The molecular weight excluding hydrogens is 247 g/mol. The number of anilines is 1. The van der Waals surface area contributed by atoms with Crippen molar-refractivity contribution in [1.29, 1.82) is 0 Å². The van der Waals surface area contributed by atoms with Crippen molar-refractivity contribution in [1.82, 2.24) is 4.90 Å². The van der Waals surface area contributed by atoms with E-state index in [1.54, 1.807) is 6.07 Å². The molecule has 19 heavy (non-hydrogen) atoms. The molecule has 1 aliphatic rings. The third-order valence-electron chi connectivity index (χ3n) is 3.23. The van der Waals surface area contributed by atoms with Crippen molar-refractivity contribution in [2.75, 3.05) is 25.4 Å². The van der Waals surface area contributed by atoms with Crippen LogP contribution in [0.15, 0.2) is 18.2 Å². The van der Waals surface area contributed by atoms with E-state index in [1.165, 1.54) is 6.07 Å². The van der Waals surface area contributed by atoms with Gasteiger partial charge in [-0.2, -0.15) is 0 Å². The summed E-state index contributed by atoms with van der Waals surface area (Å²) in [6.07, 6.45) is -0.192. The van der Waals surface area contributed by atoms with Crippen LogP contribution in [-0.2, 0) is 11.3 Å². The number of aliphatic hydroxyl groups is 1. The molecular formula is C14H21FN2O2. The molecule has 1 aromatic carbocycles. The number of nitrogen functional groups attached to an aromatic ring is 1. The summed E-state index contributed by atoms with van der Waals surface area (Å²) in [7, 11) is 0. The second-order valence-corrected chi connectivity index (χ2v) is 5.71. The van der Waals surface area contributed by atoms with Crippen molar-refractivity contribution < 1.29 is 14.2 Å². The van der Waals surface area contributed by atoms with Gasteiger partial charge in [0.15, 0.2) is 0 Å². The van der Waals surface area contributed by atoms with Gasteiger partial charge in [-0.05, 0) is 31.5 Å². The number of morpholine rings is 1. The number of aliphatic hydroxyl groups excluding tert-OH is 1. The number of benzene rings is 1. The molecule has 0 amide bonds. The predicted octanol–water partition coefficient (Wildman–Crippen LogP) is 1.38. The second-order valence-electron chi connectivity index (χ2n) is 5.71. The predicted molar refractivity (Wildman–Crippen MR) is 72.1 cm³/mol. The number of nitrogens with zero attached hydrogens (tertiary/aromatic N) is 1. The van der Waals surface area contributed by atoms with Crippen LogP contribution in [0.2, 0.25) is 0 Å². The van der Waals surface area contributed by atoms with Crippen LogP contribution in [0.4, 0.5) is 10.1 Å². The highest BCUT2D eigenvalue weighted by atomic mass is 19.1. The van der Waals surface area contributed by atoms with E-state index in [0.29, 0.717) is 13.1 Å². The molecule has 106 valence electrons. The van der Waals surface area contributed by atoms with Crippen molar-refractivity contribution >= 4 is 5.69 Å². The fourth-order valence-electron chi connectivity index (χ4n) is 2.56. The van der Waals surface area contributed by atoms with E-state index in [2.05, 4.69) is 4.90 Å². The number of hydrogen-bond acceptors (Lipinski definition) is 4. The van der Waals surface area contributed by atoms with Gasteiger partial charge in [-0.25, -0.2) is 4.39 Å². The molecule has 0 spiro atoms.